The van der Waals surface area contributed by atoms with Crippen molar-refractivity contribution in [3.8, 4) is 0 Å². The van der Waals surface area contributed by atoms with Crippen molar-refractivity contribution in [3.63, 3.8) is 0 Å². The van der Waals surface area contributed by atoms with Crippen molar-refractivity contribution in [2.45, 2.75) is 180 Å². The summed E-state index contributed by atoms with van der Waals surface area (Å²) in [5.74, 6) is -0.975. The number of hydrogen-bond donors (Lipinski definition) is 1. The van der Waals surface area contributed by atoms with E-state index < -0.39 is 5.97 Å². The Morgan fingerprint density at radius 1 is 0.575 bits per heavy atom. The minimum absolute atomic E-state index is 0.0667. The third-order valence-electron chi connectivity index (χ3n) is 7.39. The van der Waals surface area contributed by atoms with Gasteiger partial charge in [-0.25, -0.2) is 0 Å². The van der Waals surface area contributed by atoms with Crippen molar-refractivity contribution in [1.29, 1.82) is 0 Å². The van der Waals surface area contributed by atoms with Crippen LogP contribution in [0.15, 0.2) is 36.5 Å². The molecule has 0 radical (unpaired) electrons. The van der Waals surface area contributed by atoms with Gasteiger partial charge in [-0.05, 0) is 57.8 Å². The van der Waals surface area contributed by atoms with Crippen LogP contribution in [-0.4, -0.2) is 23.1 Å². The zero-order chi connectivity index (χ0) is 29.4. The Morgan fingerprint density at radius 2 is 1.07 bits per heavy atom. The average Bonchev–Trinajstić information content (AvgIpc) is 2.94. The Kier molecular flexibility index (Phi) is 30.2. The highest BCUT2D eigenvalue weighted by molar-refractivity contribution is 5.69. The molecule has 0 heterocycles. The van der Waals surface area contributed by atoms with Gasteiger partial charge in [0.05, 0.1) is 0 Å². The van der Waals surface area contributed by atoms with Crippen LogP contribution < -0.4 is 0 Å². The first-order valence-corrected chi connectivity index (χ1v) is 17.0. The lowest BCUT2D eigenvalue weighted by atomic mass is 10.0. The van der Waals surface area contributed by atoms with E-state index in [2.05, 4.69) is 50.3 Å². The summed E-state index contributed by atoms with van der Waals surface area (Å²) in [5.41, 5.74) is 0. The molecule has 4 nitrogen and oxygen atoms in total. The molecule has 40 heavy (non-hydrogen) atoms. The fraction of sp³-hybridized carbons (Fsp3) is 0.778. The maximum atomic E-state index is 12.4. The number of allylic oxidation sites excluding steroid dienone is 6. The molecule has 0 saturated heterocycles. The number of ether oxygens (including phenoxy) is 1. The van der Waals surface area contributed by atoms with E-state index in [0.717, 1.165) is 64.2 Å². The smallest absolute Gasteiger partial charge is 0.306 e. The molecule has 0 bridgehead atoms. The molecule has 0 aromatic heterocycles. The van der Waals surface area contributed by atoms with Crippen LogP contribution in [-0.2, 0) is 14.3 Å². The third kappa shape index (κ3) is 30.7. The minimum Gasteiger partial charge on any atom is -0.481 e. The Morgan fingerprint density at radius 3 is 1.65 bits per heavy atom. The summed E-state index contributed by atoms with van der Waals surface area (Å²) >= 11 is 0. The van der Waals surface area contributed by atoms with Gasteiger partial charge in [0.2, 0.25) is 0 Å². The van der Waals surface area contributed by atoms with Gasteiger partial charge in [0.1, 0.15) is 6.10 Å². The molecule has 0 saturated carbocycles. The molecule has 0 aliphatic rings. The molecule has 0 aromatic carbocycles. The van der Waals surface area contributed by atoms with E-state index in [1.54, 1.807) is 0 Å². The fourth-order valence-electron chi connectivity index (χ4n) is 4.89. The highest BCUT2D eigenvalue weighted by atomic mass is 16.5. The number of unbranched alkanes of at least 4 members (excludes halogenated alkanes) is 16. The largest absolute Gasteiger partial charge is 0.481 e. The number of esters is 1. The lowest BCUT2D eigenvalue weighted by Crippen LogP contribution is -2.19. The van der Waals surface area contributed by atoms with E-state index in [0.29, 0.717) is 12.8 Å². The van der Waals surface area contributed by atoms with Crippen molar-refractivity contribution >= 4 is 11.9 Å². The summed E-state index contributed by atoms with van der Waals surface area (Å²) in [4.78, 5) is 23.4. The molecule has 232 valence electrons. The molecule has 4 heteroatoms. The number of carbonyl (C=O) groups excluding carboxylic acids is 1. The zero-order valence-corrected chi connectivity index (χ0v) is 26.4. The molecule has 0 rings (SSSR count). The average molecular weight is 561 g/mol. The Bertz CT molecular complexity index is 649. The van der Waals surface area contributed by atoms with E-state index in [1.807, 2.05) is 0 Å². The molecule has 0 amide bonds. The number of hydrogen-bond acceptors (Lipinski definition) is 3. The first kappa shape index (κ1) is 38.2. The topological polar surface area (TPSA) is 63.6 Å². The highest BCUT2D eigenvalue weighted by Crippen LogP contribution is 2.17. The normalized spacial score (nSPS) is 12.7. The summed E-state index contributed by atoms with van der Waals surface area (Å²) in [6.07, 6.45) is 40.1. The van der Waals surface area contributed by atoms with Crippen molar-refractivity contribution < 1.29 is 19.4 Å². The van der Waals surface area contributed by atoms with Crippen LogP contribution in [0.3, 0.4) is 0 Å². The van der Waals surface area contributed by atoms with Gasteiger partial charge in [-0.2, -0.15) is 0 Å². The Labute approximate surface area is 248 Å². The number of rotatable bonds is 30. The van der Waals surface area contributed by atoms with Crippen LogP contribution in [0.1, 0.15) is 174 Å². The third-order valence-corrected chi connectivity index (χ3v) is 7.39. The van der Waals surface area contributed by atoms with Gasteiger partial charge in [0.15, 0.2) is 0 Å². The van der Waals surface area contributed by atoms with E-state index in [9.17, 15) is 9.59 Å². The molecular formula is C36H64O4. The number of carboxylic acid groups (broad SMARTS) is 1. The van der Waals surface area contributed by atoms with Crippen molar-refractivity contribution in [2.75, 3.05) is 0 Å². The molecule has 1 N–H and O–H groups in total. The van der Waals surface area contributed by atoms with E-state index in [-0.39, 0.29) is 18.5 Å². The van der Waals surface area contributed by atoms with Crippen LogP contribution in [0, 0.1) is 0 Å². The molecule has 0 aromatic rings. The number of carboxylic acids is 1. The summed E-state index contributed by atoms with van der Waals surface area (Å²) in [6, 6.07) is 0. The van der Waals surface area contributed by atoms with Crippen molar-refractivity contribution in [3.05, 3.63) is 36.5 Å². The second-order valence-electron chi connectivity index (χ2n) is 11.3. The van der Waals surface area contributed by atoms with E-state index >= 15 is 0 Å². The maximum Gasteiger partial charge on any atom is 0.306 e. The quantitative estimate of drug-likeness (QED) is 0.0539. The maximum absolute atomic E-state index is 12.4. The molecule has 0 fully saturated rings. The van der Waals surface area contributed by atoms with Gasteiger partial charge in [-0.3, -0.25) is 9.59 Å². The van der Waals surface area contributed by atoms with Gasteiger partial charge in [-0.15, -0.1) is 0 Å². The summed E-state index contributed by atoms with van der Waals surface area (Å²) in [7, 11) is 0. The molecular weight excluding hydrogens is 496 g/mol. The molecule has 0 aliphatic carbocycles. The van der Waals surface area contributed by atoms with E-state index in [4.69, 9.17) is 9.84 Å². The lowest BCUT2D eigenvalue weighted by Gasteiger charge is -2.17. The SMILES string of the molecule is CC/C=C\C/C=C\C/C=C\CCCCCCCC(=O)OC(CCCCCCCCCCCCCC)CCC(=O)O. The van der Waals surface area contributed by atoms with Crippen molar-refractivity contribution in [2.24, 2.45) is 0 Å². The molecule has 0 aliphatic heterocycles. The van der Waals surface area contributed by atoms with Gasteiger partial charge < -0.3 is 9.84 Å². The van der Waals surface area contributed by atoms with Gasteiger partial charge in [0.25, 0.3) is 0 Å². The van der Waals surface area contributed by atoms with Crippen molar-refractivity contribution in [1.82, 2.24) is 0 Å². The van der Waals surface area contributed by atoms with Crippen LogP contribution >= 0.6 is 0 Å². The summed E-state index contributed by atoms with van der Waals surface area (Å²) < 4.78 is 5.70. The molecule has 1 atom stereocenters. The number of carbonyl (C=O) groups is 2. The first-order chi connectivity index (χ1) is 19.6. The summed E-state index contributed by atoms with van der Waals surface area (Å²) in [5, 5.41) is 9.07. The van der Waals surface area contributed by atoms with E-state index in [1.165, 1.54) is 77.0 Å². The fourth-order valence-corrected chi connectivity index (χ4v) is 4.89. The van der Waals surface area contributed by atoms with Gasteiger partial charge in [0, 0.05) is 12.8 Å². The zero-order valence-electron chi connectivity index (χ0n) is 26.4. The Balaban J connectivity index is 3.82. The van der Waals surface area contributed by atoms with Gasteiger partial charge in [-0.1, -0.05) is 140 Å². The van der Waals surface area contributed by atoms with Crippen LogP contribution in [0.2, 0.25) is 0 Å². The lowest BCUT2D eigenvalue weighted by molar-refractivity contribution is -0.151. The van der Waals surface area contributed by atoms with Crippen LogP contribution in [0.4, 0.5) is 0 Å². The summed E-state index contributed by atoms with van der Waals surface area (Å²) in [6.45, 7) is 4.41. The molecule has 1 unspecified atom stereocenters. The number of aliphatic carboxylic acids is 1. The highest BCUT2D eigenvalue weighted by Gasteiger charge is 2.15. The van der Waals surface area contributed by atoms with Crippen LogP contribution in [0.5, 0.6) is 0 Å². The Hall–Kier alpha value is -1.84. The van der Waals surface area contributed by atoms with Gasteiger partial charge >= 0.3 is 11.9 Å². The second-order valence-corrected chi connectivity index (χ2v) is 11.3. The first-order valence-electron chi connectivity index (χ1n) is 17.0. The van der Waals surface area contributed by atoms with Crippen LogP contribution in [0.25, 0.3) is 0 Å². The minimum atomic E-state index is -0.818. The molecule has 0 spiro atoms. The predicted molar refractivity (Wildman–Crippen MR) is 172 cm³/mol. The predicted octanol–water partition coefficient (Wildman–Crippen LogP) is 11.4. The second kappa shape index (κ2) is 31.7. The monoisotopic (exact) mass is 560 g/mol. The standard InChI is InChI=1S/C36H64O4/c1-3-5-7-9-11-13-15-17-18-19-21-23-25-27-29-31-36(39)40-34(32-33-35(37)38)30-28-26-24-22-20-16-14-12-10-8-6-4-2/h5,7,11,13,17-18,34H,3-4,6,8-10,12,14-16,19-33H2,1-2H3,(H,37,38)/b7-5-,13-11-,18-17-.